The number of hydrogen-bond donors (Lipinski definition) is 6. The molecular formula is C20H22O8. The van der Waals surface area contributed by atoms with Crippen LogP contribution in [0.2, 0.25) is 0 Å². The SMILES string of the molecule is OC[C@@H]1O[C@@H](Oc2cc(O)cc(C=Cc3ccc(O)cc3)c2)[C@H](O)[C@H](O)[C@H]1O. The predicted octanol–water partition coefficient (Wildman–Crippen LogP) is 0.447. The van der Waals surface area contributed by atoms with Crippen LogP contribution in [0.1, 0.15) is 11.1 Å². The highest BCUT2D eigenvalue weighted by molar-refractivity contribution is 5.71. The first-order chi connectivity index (χ1) is 13.4. The Kier molecular flexibility index (Phi) is 6.18. The molecule has 1 aliphatic rings. The third kappa shape index (κ3) is 4.61. The number of phenolic OH excluding ortho intramolecular Hbond substituents is 2. The van der Waals surface area contributed by atoms with E-state index < -0.39 is 37.3 Å². The van der Waals surface area contributed by atoms with Crippen molar-refractivity contribution in [2.24, 2.45) is 0 Å². The molecule has 28 heavy (non-hydrogen) atoms. The van der Waals surface area contributed by atoms with E-state index in [0.717, 1.165) is 5.56 Å². The molecule has 0 bridgehead atoms. The third-order valence-corrected chi connectivity index (χ3v) is 4.38. The van der Waals surface area contributed by atoms with Crippen LogP contribution < -0.4 is 4.74 Å². The van der Waals surface area contributed by atoms with Gasteiger partial charge < -0.3 is 40.1 Å². The zero-order valence-corrected chi connectivity index (χ0v) is 14.8. The molecule has 1 fully saturated rings. The monoisotopic (exact) mass is 390 g/mol. The number of rotatable bonds is 5. The largest absolute Gasteiger partial charge is 0.508 e. The fourth-order valence-corrected chi connectivity index (χ4v) is 2.85. The van der Waals surface area contributed by atoms with Crippen LogP contribution in [-0.2, 0) is 4.74 Å². The lowest BCUT2D eigenvalue weighted by Crippen LogP contribution is -2.60. The van der Waals surface area contributed by atoms with E-state index in [-0.39, 0.29) is 17.2 Å². The van der Waals surface area contributed by atoms with Crippen molar-refractivity contribution in [3.05, 3.63) is 53.6 Å². The van der Waals surface area contributed by atoms with Gasteiger partial charge in [0.1, 0.15) is 41.7 Å². The second kappa shape index (κ2) is 8.59. The normalized spacial score (nSPS) is 27.8. The first-order valence-electron chi connectivity index (χ1n) is 8.65. The van der Waals surface area contributed by atoms with E-state index in [1.165, 1.54) is 12.1 Å². The van der Waals surface area contributed by atoms with E-state index in [4.69, 9.17) is 9.47 Å². The zero-order valence-electron chi connectivity index (χ0n) is 14.8. The molecule has 0 aromatic heterocycles. The molecule has 0 amide bonds. The molecule has 5 atom stereocenters. The van der Waals surface area contributed by atoms with Gasteiger partial charge in [0.05, 0.1) is 6.61 Å². The van der Waals surface area contributed by atoms with Gasteiger partial charge in [0.2, 0.25) is 6.29 Å². The zero-order chi connectivity index (χ0) is 20.3. The Morgan fingerprint density at radius 1 is 0.821 bits per heavy atom. The molecule has 0 unspecified atom stereocenters. The van der Waals surface area contributed by atoms with E-state index >= 15 is 0 Å². The van der Waals surface area contributed by atoms with Crippen LogP contribution in [0.15, 0.2) is 42.5 Å². The molecular weight excluding hydrogens is 368 g/mol. The smallest absolute Gasteiger partial charge is 0.229 e. The third-order valence-electron chi connectivity index (χ3n) is 4.38. The van der Waals surface area contributed by atoms with Gasteiger partial charge in [-0.3, -0.25) is 0 Å². The molecule has 0 spiro atoms. The summed E-state index contributed by atoms with van der Waals surface area (Å²) >= 11 is 0. The molecule has 1 aliphatic heterocycles. The van der Waals surface area contributed by atoms with Crippen molar-refractivity contribution in [2.45, 2.75) is 30.7 Å². The van der Waals surface area contributed by atoms with E-state index in [9.17, 15) is 30.6 Å². The van der Waals surface area contributed by atoms with E-state index in [2.05, 4.69) is 0 Å². The average molecular weight is 390 g/mol. The fourth-order valence-electron chi connectivity index (χ4n) is 2.85. The maximum atomic E-state index is 10.1. The van der Waals surface area contributed by atoms with Crippen LogP contribution in [0.4, 0.5) is 0 Å². The summed E-state index contributed by atoms with van der Waals surface area (Å²) in [4.78, 5) is 0. The van der Waals surface area contributed by atoms with Crippen LogP contribution in [0.5, 0.6) is 17.2 Å². The summed E-state index contributed by atoms with van der Waals surface area (Å²) in [5, 5.41) is 58.2. The summed E-state index contributed by atoms with van der Waals surface area (Å²) in [5.74, 6) is 0.229. The molecule has 3 rings (SSSR count). The van der Waals surface area contributed by atoms with Gasteiger partial charge in [0.25, 0.3) is 0 Å². The van der Waals surface area contributed by atoms with Gasteiger partial charge in [-0.05, 0) is 35.4 Å². The Morgan fingerprint density at radius 2 is 1.50 bits per heavy atom. The minimum absolute atomic E-state index is 0.0903. The van der Waals surface area contributed by atoms with Crippen LogP contribution >= 0.6 is 0 Å². The quantitative estimate of drug-likeness (QED) is 0.405. The maximum absolute atomic E-state index is 10.1. The average Bonchev–Trinajstić information content (AvgIpc) is 2.67. The lowest BCUT2D eigenvalue weighted by Gasteiger charge is -2.39. The molecule has 1 heterocycles. The van der Waals surface area contributed by atoms with E-state index in [0.29, 0.717) is 5.56 Å². The predicted molar refractivity (Wildman–Crippen MR) is 99.5 cm³/mol. The Hall–Kier alpha value is -2.62. The molecule has 8 nitrogen and oxygen atoms in total. The minimum atomic E-state index is -1.55. The maximum Gasteiger partial charge on any atom is 0.229 e. The van der Waals surface area contributed by atoms with Gasteiger partial charge in [-0.25, -0.2) is 0 Å². The van der Waals surface area contributed by atoms with Gasteiger partial charge in [0.15, 0.2) is 0 Å². The van der Waals surface area contributed by atoms with Gasteiger partial charge >= 0.3 is 0 Å². The first kappa shape index (κ1) is 20.1. The number of hydrogen-bond acceptors (Lipinski definition) is 8. The standard InChI is InChI=1S/C20H22O8/c21-10-16-17(24)18(25)19(26)20(28-16)27-15-8-12(7-14(23)9-15)2-1-11-3-5-13(22)6-4-11/h1-9,16-26H,10H2/t16-,17-,18+,19+,20+/m0/s1. The molecule has 0 saturated carbocycles. The van der Waals surface area contributed by atoms with Crippen molar-refractivity contribution < 1.29 is 40.1 Å². The molecule has 2 aromatic carbocycles. The molecule has 0 radical (unpaired) electrons. The van der Waals surface area contributed by atoms with Crippen molar-refractivity contribution >= 4 is 12.2 Å². The van der Waals surface area contributed by atoms with Gasteiger partial charge in [-0.1, -0.05) is 24.3 Å². The summed E-state index contributed by atoms with van der Waals surface area (Å²) < 4.78 is 10.8. The minimum Gasteiger partial charge on any atom is -0.508 e. The van der Waals surface area contributed by atoms with Crippen LogP contribution in [-0.4, -0.2) is 68.0 Å². The molecule has 2 aromatic rings. The van der Waals surface area contributed by atoms with Crippen molar-refractivity contribution in [1.29, 1.82) is 0 Å². The van der Waals surface area contributed by atoms with Gasteiger partial charge in [-0.2, -0.15) is 0 Å². The van der Waals surface area contributed by atoms with Gasteiger partial charge in [0, 0.05) is 6.07 Å². The van der Waals surface area contributed by atoms with Gasteiger partial charge in [-0.15, -0.1) is 0 Å². The van der Waals surface area contributed by atoms with Crippen LogP contribution in [0.25, 0.3) is 12.2 Å². The molecule has 6 N–H and O–H groups in total. The first-order valence-corrected chi connectivity index (χ1v) is 8.65. The number of ether oxygens (including phenoxy) is 2. The van der Waals surface area contributed by atoms with Crippen molar-refractivity contribution in [3.63, 3.8) is 0 Å². The lowest BCUT2D eigenvalue weighted by molar-refractivity contribution is -0.277. The second-order valence-corrected chi connectivity index (χ2v) is 6.50. The number of phenols is 2. The number of aromatic hydroxyl groups is 2. The summed E-state index contributed by atoms with van der Waals surface area (Å²) in [6, 6.07) is 10.9. The van der Waals surface area contributed by atoms with Crippen molar-refractivity contribution in [3.8, 4) is 17.2 Å². The summed E-state index contributed by atoms with van der Waals surface area (Å²) in [6.45, 7) is -0.564. The van der Waals surface area contributed by atoms with E-state index in [1.54, 1.807) is 42.5 Å². The Balaban J connectivity index is 1.76. The van der Waals surface area contributed by atoms with Crippen molar-refractivity contribution in [2.75, 3.05) is 6.61 Å². The number of benzene rings is 2. The van der Waals surface area contributed by atoms with Crippen LogP contribution in [0.3, 0.4) is 0 Å². The molecule has 1 saturated heterocycles. The highest BCUT2D eigenvalue weighted by Crippen LogP contribution is 2.28. The van der Waals surface area contributed by atoms with Crippen molar-refractivity contribution in [1.82, 2.24) is 0 Å². The molecule has 8 heteroatoms. The summed E-state index contributed by atoms with van der Waals surface area (Å²) in [6.07, 6.45) is -3.52. The number of aliphatic hydroxyl groups is 4. The highest BCUT2D eigenvalue weighted by Gasteiger charge is 2.44. The topological polar surface area (TPSA) is 140 Å². The summed E-state index contributed by atoms with van der Waals surface area (Å²) in [7, 11) is 0. The molecule has 0 aliphatic carbocycles. The lowest BCUT2D eigenvalue weighted by atomic mass is 9.99. The highest BCUT2D eigenvalue weighted by atomic mass is 16.7. The second-order valence-electron chi connectivity index (χ2n) is 6.50. The van der Waals surface area contributed by atoms with E-state index in [1.807, 2.05) is 0 Å². The number of aliphatic hydroxyl groups excluding tert-OH is 4. The fraction of sp³-hybridized carbons (Fsp3) is 0.300. The van der Waals surface area contributed by atoms with Crippen LogP contribution in [0, 0.1) is 0 Å². The molecule has 150 valence electrons. The summed E-state index contributed by atoms with van der Waals surface area (Å²) in [5.41, 5.74) is 1.42. The Morgan fingerprint density at radius 3 is 2.18 bits per heavy atom. The Labute approximate surface area is 161 Å². The Bertz CT molecular complexity index is 817.